The van der Waals surface area contributed by atoms with Gasteiger partial charge in [0.1, 0.15) is 5.69 Å². The summed E-state index contributed by atoms with van der Waals surface area (Å²) in [5.74, 6) is -0.122. The summed E-state index contributed by atoms with van der Waals surface area (Å²) in [6, 6.07) is 11.5. The maximum Gasteiger partial charge on any atom is 0.272 e. The van der Waals surface area contributed by atoms with Crippen molar-refractivity contribution in [3.8, 4) is 0 Å². The first-order chi connectivity index (χ1) is 8.47. The molecule has 0 aliphatic carbocycles. The maximum absolute atomic E-state index is 11.8. The first kappa shape index (κ1) is 12.4. The molecule has 0 saturated heterocycles. The molecule has 0 fully saturated rings. The lowest BCUT2D eigenvalue weighted by molar-refractivity contribution is 0.102. The van der Waals surface area contributed by atoms with Crippen LogP contribution in [0.1, 0.15) is 36.8 Å². The Balaban J connectivity index is 2.09. The van der Waals surface area contributed by atoms with Gasteiger partial charge in [-0.3, -0.25) is 4.79 Å². The zero-order chi connectivity index (χ0) is 13.2. The molecule has 0 atom stereocenters. The van der Waals surface area contributed by atoms with E-state index in [0.717, 1.165) is 5.69 Å². The highest BCUT2D eigenvalue weighted by Gasteiger charge is 2.13. The number of nitrogens with one attached hydrogen (secondary N) is 2. The van der Waals surface area contributed by atoms with Crippen molar-refractivity contribution in [3.05, 3.63) is 53.9 Å². The maximum atomic E-state index is 11.8. The molecule has 0 aliphatic rings. The first-order valence-electron chi connectivity index (χ1n) is 6.02. The molecule has 3 nitrogen and oxygen atoms in total. The molecule has 18 heavy (non-hydrogen) atoms. The lowest BCUT2D eigenvalue weighted by Gasteiger charge is -2.19. The third kappa shape index (κ3) is 2.80. The fourth-order valence-electron chi connectivity index (χ4n) is 1.72. The summed E-state index contributed by atoms with van der Waals surface area (Å²) in [5.41, 5.74) is 2.75. The zero-order valence-electron chi connectivity index (χ0n) is 10.9. The van der Waals surface area contributed by atoms with Crippen LogP contribution in [0.15, 0.2) is 42.6 Å². The fraction of sp³-hybridized carbons (Fsp3) is 0.267. The number of aromatic nitrogens is 1. The van der Waals surface area contributed by atoms with Crippen LogP contribution in [-0.2, 0) is 5.41 Å². The molecule has 3 heteroatoms. The molecule has 0 saturated carbocycles. The molecule has 0 aliphatic heterocycles. The standard InChI is InChI=1S/C15H18N2O/c1-15(2,3)11-6-8-12(9-7-11)17-14(18)13-5-4-10-16-13/h4-10,16H,1-3H3,(H,17,18). The summed E-state index contributed by atoms with van der Waals surface area (Å²) in [4.78, 5) is 14.7. The second-order valence-corrected chi connectivity index (χ2v) is 5.37. The van der Waals surface area contributed by atoms with E-state index in [9.17, 15) is 4.79 Å². The number of aromatic amines is 1. The van der Waals surface area contributed by atoms with Crippen molar-refractivity contribution in [2.24, 2.45) is 0 Å². The van der Waals surface area contributed by atoms with Gasteiger partial charge in [-0.2, -0.15) is 0 Å². The van der Waals surface area contributed by atoms with Gasteiger partial charge in [0.15, 0.2) is 0 Å². The van der Waals surface area contributed by atoms with Crippen LogP contribution < -0.4 is 5.32 Å². The number of hydrogen-bond donors (Lipinski definition) is 2. The smallest absolute Gasteiger partial charge is 0.272 e. The second kappa shape index (κ2) is 4.69. The molecule has 0 radical (unpaired) electrons. The van der Waals surface area contributed by atoms with E-state index >= 15 is 0 Å². The van der Waals surface area contributed by atoms with Crippen LogP contribution in [0.2, 0.25) is 0 Å². The van der Waals surface area contributed by atoms with Crippen molar-refractivity contribution in [1.82, 2.24) is 4.98 Å². The minimum absolute atomic E-state index is 0.122. The quantitative estimate of drug-likeness (QED) is 0.830. The number of anilines is 1. The van der Waals surface area contributed by atoms with E-state index < -0.39 is 0 Å². The summed E-state index contributed by atoms with van der Waals surface area (Å²) in [7, 11) is 0. The monoisotopic (exact) mass is 242 g/mol. The minimum atomic E-state index is -0.122. The van der Waals surface area contributed by atoms with E-state index in [2.05, 4.69) is 31.1 Å². The molecule has 2 rings (SSSR count). The van der Waals surface area contributed by atoms with Crippen LogP contribution >= 0.6 is 0 Å². The molecule has 1 amide bonds. The number of amides is 1. The topological polar surface area (TPSA) is 44.9 Å². The molecule has 2 aromatic rings. The van der Waals surface area contributed by atoms with Gasteiger partial charge in [-0.1, -0.05) is 32.9 Å². The Kier molecular flexibility index (Phi) is 3.24. The molecule has 1 aromatic carbocycles. The van der Waals surface area contributed by atoms with Crippen LogP contribution in [0.5, 0.6) is 0 Å². The van der Waals surface area contributed by atoms with Gasteiger partial charge < -0.3 is 10.3 Å². The second-order valence-electron chi connectivity index (χ2n) is 5.37. The van der Waals surface area contributed by atoms with Gasteiger partial charge in [0.05, 0.1) is 0 Å². The average Bonchev–Trinajstić information content (AvgIpc) is 2.82. The van der Waals surface area contributed by atoms with E-state index in [1.807, 2.05) is 24.3 Å². The van der Waals surface area contributed by atoms with E-state index in [4.69, 9.17) is 0 Å². The summed E-state index contributed by atoms with van der Waals surface area (Å²) >= 11 is 0. The molecule has 0 unspecified atom stereocenters. The number of H-pyrrole nitrogens is 1. The molecule has 0 spiro atoms. The van der Waals surface area contributed by atoms with Crippen LogP contribution in [0.25, 0.3) is 0 Å². The third-order valence-corrected chi connectivity index (χ3v) is 2.85. The number of rotatable bonds is 2. The minimum Gasteiger partial charge on any atom is -0.357 e. The highest BCUT2D eigenvalue weighted by molar-refractivity contribution is 6.02. The van der Waals surface area contributed by atoms with E-state index in [1.165, 1.54) is 5.56 Å². The van der Waals surface area contributed by atoms with Gasteiger partial charge >= 0.3 is 0 Å². The highest BCUT2D eigenvalue weighted by atomic mass is 16.1. The van der Waals surface area contributed by atoms with Crippen molar-refractivity contribution < 1.29 is 4.79 Å². The van der Waals surface area contributed by atoms with Gasteiger partial charge in [0.25, 0.3) is 5.91 Å². The van der Waals surface area contributed by atoms with Gasteiger partial charge in [-0.25, -0.2) is 0 Å². The van der Waals surface area contributed by atoms with E-state index in [-0.39, 0.29) is 11.3 Å². The average molecular weight is 242 g/mol. The Morgan fingerprint density at radius 3 is 2.28 bits per heavy atom. The summed E-state index contributed by atoms with van der Waals surface area (Å²) in [6.07, 6.45) is 1.73. The predicted octanol–water partition coefficient (Wildman–Crippen LogP) is 3.56. The van der Waals surface area contributed by atoms with Crippen molar-refractivity contribution in [3.63, 3.8) is 0 Å². The Morgan fingerprint density at radius 2 is 1.78 bits per heavy atom. The number of carbonyl (C=O) groups is 1. The van der Waals surface area contributed by atoms with Gasteiger partial charge in [0.2, 0.25) is 0 Å². The SMILES string of the molecule is CC(C)(C)c1ccc(NC(=O)c2ccc[nH]2)cc1. The van der Waals surface area contributed by atoms with E-state index in [1.54, 1.807) is 18.3 Å². The van der Waals surface area contributed by atoms with Gasteiger partial charge in [-0.05, 0) is 35.2 Å². The van der Waals surface area contributed by atoms with Crippen molar-refractivity contribution >= 4 is 11.6 Å². The van der Waals surface area contributed by atoms with Crippen molar-refractivity contribution in [1.29, 1.82) is 0 Å². The highest BCUT2D eigenvalue weighted by Crippen LogP contribution is 2.23. The molecule has 1 heterocycles. The largest absolute Gasteiger partial charge is 0.357 e. The Labute approximate surface area is 107 Å². The number of carbonyl (C=O) groups excluding carboxylic acids is 1. The van der Waals surface area contributed by atoms with E-state index in [0.29, 0.717) is 5.69 Å². The van der Waals surface area contributed by atoms with Gasteiger partial charge in [0, 0.05) is 11.9 Å². The predicted molar refractivity (Wildman–Crippen MR) is 73.9 cm³/mol. The lowest BCUT2D eigenvalue weighted by Crippen LogP contribution is -2.13. The van der Waals surface area contributed by atoms with Crippen LogP contribution in [-0.4, -0.2) is 10.9 Å². The summed E-state index contributed by atoms with van der Waals surface area (Å²) in [6.45, 7) is 6.50. The van der Waals surface area contributed by atoms with Crippen LogP contribution in [0, 0.1) is 0 Å². The number of benzene rings is 1. The molecule has 0 bridgehead atoms. The molecule has 94 valence electrons. The molecular weight excluding hydrogens is 224 g/mol. The molecule has 1 aromatic heterocycles. The Hall–Kier alpha value is -2.03. The van der Waals surface area contributed by atoms with Crippen LogP contribution in [0.3, 0.4) is 0 Å². The zero-order valence-corrected chi connectivity index (χ0v) is 10.9. The summed E-state index contributed by atoms with van der Waals surface area (Å²) in [5, 5.41) is 2.85. The first-order valence-corrected chi connectivity index (χ1v) is 6.02. The number of hydrogen-bond acceptors (Lipinski definition) is 1. The Morgan fingerprint density at radius 1 is 1.11 bits per heavy atom. The fourth-order valence-corrected chi connectivity index (χ4v) is 1.72. The Bertz CT molecular complexity index is 519. The van der Waals surface area contributed by atoms with Crippen molar-refractivity contribution in [2.45, 2.75) is 26.2 Å². The van der Waals surface area contributed by atoms with Crippen molar-refractivity contribution in [2.75, 3.05) is 5.32 Å². The molecule has 2 N–H and O–H groups in total. The third-order valence-electron chi connectivity index (χ3n) is 2.85. The lowest BCUT2D eigenvalue weighted by atomic mass is 9.87. The molecular formula is C15H18N2O. The summed E-state index contributed by atoms with van der Waals surface area (Å²) < 4.78 is 0. The normalized spacial score (nSPS) is 11.3. The van der Waals surface area contributed by atoms with Crippen LogP contribution in [0.4, 0.5) is 5.69 Å². The van der Waals surface area contributed by atoms with Gasteiger partial charge in [-0.15, -0.1) is 0 Å².